The van der Waals surface area contributed by atoms with E-state index in [-0.39, 0.29) is 42.2 Å². The van der Waals surface area contributed by atoms with Gasteiger partial charge in [0.2, 0.25) is 20.8 Å². The zero-order chi connectivity index (χ0) is 61.1. The molecule has 1 spiro atoms. The van der Waals surface area contributed by atoms with Crippen molar-refractivity contribution in [2.24, 2.45) is 45.3 Å². The average molecular weight is 1230 g/mol. The summed E-state index contributed by atoms with van der Waals surface area (Å²) in [6, 6.07) is 0. The molecule has 5 heterocycles. The van der Waals surface area contributed by atoms with Crippen molar-refractivity contribution in [1.82, 2.24) is 0 Å². The molecule has 474 valence electrons. The number of carbonyl (C=O) groups excluding carboxylic acids is 3. The molecule has 4 aliphatic carbocycles. The fourth-order valence-corrected chi connectivity index (χ4v) is 17.1. The summed E-state index contributed by atoms with van der Waals surface area (Å²) in [4.78, 5) is 42.0. The second kappa shape index (κ2) is 23.5. The highest BCUT2D eigenvalue weighted by Crippen LogP contribution is 2.75. The molecular weight excluding hydrogens is 1150 g/mol. The van der Waals surface area contributed by atoms with Gasteiger partial charge in [0, 0.05) is 31.8 Å². The molecule has 26 atom stereocenters. The number of carbonyl (C=O) groups is 3. The van der Waals surface area contributed by atoms with Crippen LogP contribution in [0.1, 0.15) is 107 Å². The van der Waals surface area contributed by atoms with E-state index in [0.29, 0.717) is 38.5 Å². The molecule has 0 aromatic heterocycles. The van der Waals surface area contributed by atoms with E-state index in [1.165, 1.54) is 6.92 Å². The number of esters is 1. The number of aliphatic hydroxyl groups excluding tert-OH is 7. The monoisotopic (exact) mass is 1230 g/mol. The summed E-state index contributed by atoms with van der Waals surface area (Å²) in [5, 5.41) is 77.3. The predicted molar refractivity (Wildman–Crippen MR) is 272 cm³/mol. The van der Waals surface area contributed by atoms with Gasteiger partial charge in [-0.05, 0) is 74.5 Å². The Morgan fingerprint density at radius 2 is 1.37 bits per heavy atom. The number of methoxy groups -OCH3 is 1. The Bertz CT molecular complexity index is 2670. The quantitative estimate of drug-likeness (QED) is 0.0361. The van der Waals surface area contributed by atoms with Crippen LogP contribution in [0.15, 0.2) is 11.6 Å². The Labute approximate surface area is 481 Å². The van der Waals surface area contributed by atoms with E-state index in [4.69, 9.17) is 51.6 Å². The number of cyclic esters (lactones) is 1. The maximum Gasteiger partial charge on any atom is 0.314 e. The van der Waals surface area contributed by atoms with Gasteiger partial charge in [-0.1, -0.05) is 53.2 Å². The lowest BCUT2D eigenvalue weighted by Gasteiger charge is -2.63. The van der Waals surface area contributed by atoms with Gasteiger partial charge < -0.3 is 92.2 Å². The molecule has 0 radical (unpaired) electrons. The van der Waals surface area contributed by atoms with E-state index in [1.807, 2.05) is 34.6 Å². The predicted octanol–water partition coefficient (Wildman–Crippen LogP) is -1.34. The van der Waals surface area contributed by atoms with E-state index in [1.54, 1.807) is 6.92 Å². The SMILES string of the molecule is CO[C@@H]1[C@@H](O)[C@H](O[C@@H]2[C@@H](OS(=O)(=O)[O-])[C@H](O[C@H]3[C@H](O)[C@@H](O)[C@H](O[C@H]4[C@H](O[C@H]5CC[C@]6(C)[C@@H]7CC[C@]89C(=O)O[C@@](C)(CC(=O)CC(C)C)[C@H]8C(=O)C[C@@]9(C)C7=CC[C@H]6C5(C)C)OC[C@@H](OS(=O)(=O)[O-])[C@@H]4O)O[C@@H]3C)OC[C@H]2O)O[C@H](CO)[C@H]1O. The van der Waals surface area contributed by atoms with E-state index in [9.17, 15) is 76.1 Å². The third-order valence-corrected chi connectivity index (χ3v) is 20.8. The third-order valence-electron chi connectivity index (χ3n) is 19.8. The number of hydrogen-bond acceptors (Lipinski definition) is 28. The number of hydrogen-bond donors (Lipinski definition) is 7. The fourth-order valence-electron chi connectivity index (χ4n) is 16.1. The first-order chi connectivity index (χ1) is 38.5. The zero-order valence-electron chi connectivity index (χ0n) is 47.7. The van der Waals surface area contributed by atoms with Crippen molar-refractivity contribution in [2.45, 2.75) is 229 Å². The summed E-state index contributed by atoms with van der Waals surface area (Å²) in [5.74, 6) is -1.47. The van der Waals surface area contributed by atoms with Crippen LogP contribution in [0.5, 0.6) is 0 Å². The van der Waals surface area contributed by atoms with Crippen LogP contribution in [0.4, 0.5) is 0 Å². The molecule has 0 aromatic carbocycles. The molecule has 9 aliphatic rings. The largest absolute Gasteiger partial charge is 0.726 e. The molecule has 0 bridgehead atoms. The first kappa shape index (κ1) is 65.1. The van der Waals surface area contributed by atoms with Gasteiger partial charge in [-0.25, -0.2) is 16.8 Å². The van der Waals surface area contributed by atoms with Crippen molar-refractivity contribution in [3.8, 4) is 0 Å². The summed E-state index contributed by atoms with van der Waals surface area (Å²) in [7, 11) is -10.1. The van der Waals surface area contributed by atoms with Gasteiger partial charge in [0.1, 0.15) is 90.4 Å². The first-order valence-electron chi connectivity index (χ1n) is 28.2. The molecule has 8 fully saturated rings. The Balaban J connectivity index is 0.918. The Hall–Kier alpha value is -2.35. The minimum absolute atomic E-state index is 0.0438. The summed E-state index contributed by atoms with van der Waals surface area (Å²) in [6.45, 7) is 12.9. The number of ketones is 2. The second-order valence-corrected chi connectivity index (χ2v) is 27.8. The molecule has 0 amide bonds. The van der Waals surface area contributed by atoms with Crippen LogP contribution in [-0.4, -0.2) is 228 Å². The van der Waals surface area contributed by atoms with Crippen molar-refractivity contribution in [1.29, 1.82) is 0 Å². The number of ether oxygens (including phenoxy) is 10. The zero-order valence-corrected chi connectivity index (χ0v) is 49.3. The lowest BCUT2D eigenvalue weighted by Crippen LogP contribution is -2.66. The molecular formula is C53H80O28S2-2. The van der Waals surface area contributed by atoms with Gasteiger partial charge >= 0.3 is 5.97 Å². The highest BCUT2D eigenvalue weighted by Gasteiger charge is 2.79. The van der Waals surface area contributed by atoms with E-state index < -0.39 is 196 Å². The Morgan fingerprint density at radius 1 is 0.747 bits per heavy atom. The van der Waals surface area contributed by atoms with Crippen LogP contribution in [0.25, 0.3) is 0 Å². The van der Waals surface area contributed by atoms with Crippen LogP contribution in [0.2, 0.25) is 0 Å². The first-order valence-corrected chi connectivity index (χ1v) is 30.9. The summed E-state index contributed by atoms with van der Waals surface area (Å²) in [5.41, 5.74) is -3.38. The van der Waals surface area contributed by atoms with Gasteiger partial charge in [-0.3, -0.25) is 22.7 Å². The number of allylic oxidation sites excluding steroid dienone is 2. The van der Waals surface area contributed by atoms with Crippen molar-refractivity contribution >= 4 is 38.3 Å². The molecule has 5 saturated heterocycles. The maximum absolute atomic E-state index is 14.4. The smallest absolute Gasteiger partial charge is 0.314 e. The van der Waals surface area contributed by atoms with Crippen LogP contribution >= 0.6 is 0 Å². The fraction of sp³-hybridized carbons (Fsp3) is 0.906. The maximum atomic E-state index is 14.4. The normalized spacial score (nSPS) is 48.2. The van der Waals surface area contributed by atoms with Crippen LogP contribution in [0, 0.1) is 45.3 Å². The molecule has 5 aliphatic heterocycles. The minimum Gasteiger partial charge on any atom is -0.726 e. The molecule has 30 heteroatoms. The molecule has 9 rings (SSSR count). The molecule has 7 N–H and O–H groups in total. The third kappa shape index (κ3) is 11.7. The van der Waals surface area contributed by atoms with Gasteiger partial charge in [0.05, 0.1) is 43.4 Å². The molecule has 0 aromatic rings. The van der Waals surface area contributed by atoms with Gasteiger partial charge in [-0.15, -0.1) is 0 Å². The van der Waals surface area contributed by atoms with Crippen LogP contribution in [0.3, 0.4) is 0 Å². The Kier molecular flexibility index (Phi) is 18.5. The minimum atomic E-state index is -5.71. The summed E-state index contributed by atoms with van der Waals surface area (Å²) < 4.78 is 140. The lowest BCUT2D eigenvalue weighted by atomic mass is 9.41. The van der Waals surface area contributed by atoms with Crippen molar-refractivity contribution < 1.29 is 132 Å². The van der Waals surface area contributed by atoms with E-state index in [0.717, 1.165) is 12.7 Å². The van der Waals surface area contributed by atoms with Crippen molar-refractivity contribution in [2.75, 3.05) is 26.9 Å². The molecule has 28 nitrogen and oxygen atoms in total. The lowest BCUT2D eigenvalue weighted by molar-refractivity contribution is -0.381. The second-order valence-electron chi connectivity index (χ2n) is 25.8. The molecule has 3 saturated carbocycles. The number of Topliss-reactive ketones (excluding diaryl/α,β-unsaturated/α-hetero) is 2. The molecule has 0 unspecified atom stereocenters. The van der Waals surface area contributed by atoms with Gasteiger partial charge in [-0.2, -0.15) is 0 Å². The highest BCUT2D eigenvalue weighted by atomic mass is 32.3. The topological polar surface area (TPSA) is 418 Å². The highest BCUT2D eigenvalue weighted by molar-refractivity contribution is 7.81. The number of fused-ring (bicyclic) bond motifs is 4. The Morgan fingerprint density at radius 3 is 2.01 bits per heavy atom. The van der Waals surface area contributed by atoms with Crippen LogP contribution < -0.4 is 0 Å². The van der Waals surface area contributed by atoms with Crippen molar-refractivity contribution in [3.05, 3.63) is 11.6 Å². The average Bonchev–Trinajstić information content (AvgIpc) is 1.58. The van der Waals surface area contributed by atoms with Crippen LogP contribution in [-0.2, 0) is 90.9 Å². The van der Waals surface area contributed by atoms with Crippen molar-refractivity contribution in [3.63, 3.8) is 0 Å². The van der Waals surface area contributed by atoms with E-state index in [2.05, 4.69) is 17.2 Å². The number of aliphatic hydroxyl groups is 7. The summed E-state index contributed by atoms with van der Waals surface area (Å²) in [6.07, 6.45) is -28.6. The molecule has 83 heavy (non-hydrogen) atoms. The van der Waals surface area contributed by atoms with Gasteiger partial charge in [0.15, 0.2) is 31.3 Å². The van der Waals surface area contributed by atoms with Gasteiger partial charge in [0.25, 0.3) is 0 Å². The standard InChI is InChI=1S/C53H82O28S2/c1-22(2)16-24(55)17-52(8)43-27(56)18-51(7)26-10-11-31-49(4,5)32(13-14-50(31,6)25(26)12-15-53(43,51)48(63)79-52)75-46-41(34(59)30(21-72-46)80-82(64,65)66)78-44-36(61)35(60)38(23(3)73-44)76-47-42(81-83(67,68)69)39(28(57)20-71-47)77-45-37(62)40(70-9)33(58)29(19-54)74-45/h10,22-23,25,28-47,54,57-62H,11-21H2,1-9H3,(H,64,65,66)(H,67,68,69)/p-2/t23-,25-,28-,29-,30-,31+,32+,33-,34+,35-,36-,37-,38-,39+,40+,41-,42-,43-,44+,45+,46+,47+,50-,51+,52+,53-/m1/s1. The number of rotatable bonds is 18. The summed E-state index contributed by atoms with van der Waals surface area (Å²) >= 11 is 0. The van der Waals surface area contributed by atoms with E-state index >= 15 is 0 Å².